The molecule has 0 fully saturated rings. The highest BCUT2D eigenvalue weighted by Crippen LogP contribution is 2.09. The molecule has 0 spiro atoms. The molecular weight excluding hydrogens is 250 g/mol. The number of hydrogen-bond donors (Lipinski definition) is 1. The molecule has 0 saturated carbocycles. The van der Waals surface area contributed by atoms with Crippen molar-refractivity contribution in [1.82, 2.24) is 25.5 Å². The zero-order valence-corrected chi connectivity index (χ0v) is 12.5. The molecule has 1 aromatic heterocycles. The van der Waals surface area contributed by atoms with Crippen LogP contribution in [0.3, 0.4) is 0 Å². The second-order valence-electron chi connectivity index (χ2n) is 5.60. The van der Waals surface area contributed by atoms with Crippen LogP contribution < -0.4 is 5.32 Å². The van der Waals surface area contributed by atoms with Crippen LogP contribution in [0.1, 0.15) is 39.4 Å². The molecule has 0 saturated heterocycles. The zero-order valence-electron chi connectivity index (χ0n) is 12.5. The predicted octanol–water partition coefficient (Wildman–Crippen LogP) is 2.58. The number of nitrogens with one attached hydrogen (secondary N) is 1. The van der Waals surface area contributed by atoms with Gasteiger partial charge in [0.2, 0.25) is 0 Å². The minimum atomic E-state index is 0.471. The van der Waals surface area contributed by atoms with Gasteiger partial charge in [-0.2, -0.15) is 4.68 Å². The molecule has 0 radical (unpaired) electrons. The summed E-state index contributed by atoms with van der Waals surface area (Å²) < 4.78 is 1.78. The molecule has 1 heterocycles. The Bertz CT molecular complexity index is 506. The summed E-state index contributed by atoms with van der Waals surface area (Å²) in [7, 11) is 0. The van der Waals surface area contributed by atoms with Crippen LogP contribution in [-0.2, 0) is 6.54 Å². The Labute approximate surface area is 120 Å². The highest BCUT2D eigenvalue weighted by Gasteiger charge is 2.09. The van der Waals surface area contributed by atoms with Crippen molar-refractivity contribution in [2.45, 2.75) is 46.2 Å². The fourth-order valence-electron chi connectivity index (χ4n) is 2.04. The van der Waals surface area contributed by atoms with E-state index in [4.69, 9.17) is 0 Å². The molecule has 0 bridgehead atoms. The van der Waals surface area contributed by atoms with Crippen molar-refractivity contribution < 1.29 is 0 Å². The summed E-state index contributed by atoms with van der Waals surface area (Å²) >= 11 is 0. The standard InChI is InChI=1S/C15H23N5/c1-12(2)9-10-13(3)16-11-15-17-18-19-20(15)14-7-5-4-6-8-14/h4-8,12-13,16H,9-11H2,1-3H3. The van der Waals surface area contributed by atoms with Gasteiger partial charge in [0.25, 0.3) is 0 Å². The lowest BCUT2D eigenvalue weighted by Crippen LogP contribution is -2.27. The number of hydrogen-bond acceptors (Lipinski definition) is 4. The van der Waals surface area contributed by atoms with E-state index in [0.717, 1.165) is 17.4 Å². The predicted molar refractivity (Wildman–Crippen MR) is 79.5 cm³/mol. The van der Waals surface area contributed by atoms with E-state index in [0.29, 0.717) is 12.6 Å². The molecule has 2 rings (SSSR count). The summed E-state index contributed by atoms with van der Waals surface area (Å²) in [5, 5.41) is 15.4. The topological polar surface area (TPSA) is 55.6 Å². The van der Waals surface area contributed by atoms with Gasteiger partial charge in [0.05, 0.1) is 12.2 Å². The van der Waals surface area contributed by atoms with Gasteiger partial charge in [0, 0.05) is 6.04 Å². The Morgan fingerprint density at radius 2 is 1.85 bits per heavy atom. The van der Waals surface area contributed by atoms with Gasteiger partial charge in [-0.05, 0) is 48.2 Å². The van der Waals surface area contributed by atoms with Gasteiger partial charge in [-0.25, -0.2) is 0 Å². The summed E-state index contributed by atoms with van der Waals surface area (Å²) in [6.45, 7) is 7.39. The minimum absolute atomic E-state index is 0.471. The van der Waals surface area contributed by atoms with Gasteiger partial charge >= 0.3 is 0 Å². The lowest BCUT2D eigenvalue weighted by molar-refractivity contribution is 0.444. The van der Waals surface area contributed by atoms with E-state index in [1.54, 1.807) is 4.68 Å². The third kappa shape index (κ3) is 4.13. The van der Waals surface area contributed by atoms with Crippen LogP contribution in [0, 0.1) is 5.92 Å². The van der Waals surface area contributed by atoms with E-state index < -0.39 is 0 Å². The number of nitrogens with zero attached hydrogens (tertiary/aromatic N) is 4. The summed E-state index contributed by atoms with van der Waals surface area (Å²) in [4.78, 5) is 0. The Hall–Kier alpha value is -1.75. The molecule has 5 heteroatoms. The van der Waals surface area contributed by atoms with Crippen LogP contribution in [-0.4, -0.2) is 26.2 Å². The van der Waals surface area contributed by atoms with E-state index in [-0.39, 0.29) is 0 Å². The molecule has 1 N–H and O–H groups in total. The van der Waals surface area contributed by atoms with Gasteiger partial charge in [-0.1, -0.05) is 32.0 Å². The molecule has 2 aromatic rings. The molecule has 0 aliphatic heterocycles. The van der Waals surface area contributed by atoms with Gasteiger partial charge in [0.1, 0.15) is 0 Å². The van der Waals surface area contributed by atoms with Gasteiger partial charge < -0.3 is 5.32 Å². The van der Waals surface area contributed by atoms with E-state index >= 15 is 0 Å². The molecule has 0 amide bonds. The first-order valence-electron chi connectivity index (χ1n) is 7.23. The fourth-order valence-corrected chi connectivity index (χ4v) is 2.04. The monoisotopic (exact) mass is 273 g/mol. The molecule has 1 unspecified atom stereocenters. The number of benzene rings is 1. The normalized spacial score (nSPS) is 12.8. The van der Waals surface area contributed by atoms with Crippen LogP contribution in [0.25, 0.3) is 5.69 Å². The third-order valence-corrected chi connectivity index (χ3v) is 3.32. The van der Waals surface area contributed by atoms with Crippen molar-refractivity contribution in [2.24, 2.45) is 5.92 Å². The number of rotatable bonds is 7. The smallest absolute Gasteiger partial charge is 0.170 e. The molecular formula is C15H23N5. The highest BCUT2D eigenvalue weighted by molar-refractivity contribution is 5.30. The quantitative estimate of drug-likeness (QED) is 0.842. The van der Waals surface area contributed by atoms with Gasteiger partial charge in [-0.3, -0.25) is 0 Å². The maximum atomic E-state index is 4.10. The summed E-state index contributed by atoms with van der Waals surface area (Å²) in [6.07, 6.45) is 2.41. The Morgan fingerprint density at radius 3 is 2.55 bits per heavy atom. The SMILES string of the molecule is CC(C)CCC(C)NCc1nnnn1-c1ccccc1. The molecule has 0 aliphatic carbocycles. The molecule has 1 atom stereocenters. The van der Waals surface area contributed by atoms with Crippen molar-refractivity contribution in [1.29, 1.82) is 0 Å². The van der Waals surface area contributed by atoms with E-state index in [1.165, 1.54) is 12.8 Å². The van der Waals surface area contributed by atoms with Crippen molar-refractivity contribution in [2.75, 3.05) is 0 Å². The number of para-hydroxylation sites is 1. The molecule has 20 heavy (non-hydrogen) atoms. The maximum Gasteiger partial charge on any atom is 0.170 e. The van der Waals surface area contributed by atoms with Gasteiger partial charge in [-0.15, -0.1) is 5.10 Å². The number of aromatic nitrogens is 4. The van der Waals surface area contributed by atoms with Crippen LogP contribution in [0.4, 0.5) is 0 Å². The second-order valence-corrected chi connectivity index (χ2v) is 5.60. The fraction of sp³-hybridized carbons (Fsp3) is 0.533. The van der Waals surface area contributed by atoms with Crippen LogP contribution in [0.15, 0.2) is 30.3 Å². The molecule has 5 nitrogen and oxygen atoms in total. The Kier molecular flexibility index (Phi) is 5.24. The largest absolute Gasteiger partial charge is 0.307 e. The first-order chi connectivity index (χ1) is 9.66. The van der Waals surface area contributed by atoms with E-state index in [1.807, 2.05) is 30.3 Å². The zero-order chi connectivity index (χ0) is 14.4. The minimum Gasteiger partial charge on any atom is -0.307 e. The van der Waals surface area contributed by atoms with Crippen molar-refractivity contribution in [3.63, 3.8) is 0 Å². The molecule has 1 aromatic carbocycles. The average Bonchev–Trinajstić information content (AvgIpc) is 2.92. The van der Waals surface area contributed by atoms with Gasteiger partial charge in [0.15, 0.2) is 5.82 Å². The van der Waals surface area contributed by atoms with E-state index in [9.17, 15) is 0 Å². The summed E-state index contributed by atoms with van der Waals surface area (Å²) in [6, 6.07) is 10.4. The summed E-state index contributed by atoms with van der Waals surface area (Å²) in [5.41, 5.74) is 0.990. The van der Waals surface area contributed by atoms with Crippen LogP contribution in [0.2, 0.25) is 0 Å². The maximum absolute atomic E-state index is 4.10. The van der Waals surface area contributed by atoms with Crippen LogP contribution >= 0.6 is 0 Å². The molecule has 0 aliphatic rings. The Balaban J connectivity index is 1.93. The summed E-state index contributed by atoms with van der Waals surface area (Å²) in [5.74, 6) is 1.58. The van der Waals surface area contributed by atoms with Crippen molar-refractivity contribution in [3.8, 4) is 5.69 Å². The lowest BCUT2D eigenvalue weighted by Gasteiger charge is -2.14. The first-order valence-corrected chi connectivity index (χ1v) is 7.23. The second kappa shape index (κ2) is 7.14. The molecule has 108 valence electrons. The third-order valence-electron chi connectivity index (χ3n) is 3.32. The van der Waals surface area contributed by atoms with Crippen molar-refractivity contribution in [3.05, 3.63) is 36.2 Å². The Morgan fingerprint density at radius 1 is 1.10 bits per heavy atom. The van der Waals surface area contributed by atoms with Crippen molar-refractivity contribution >= 4 is 0 Å². The van der Waals surface area contributed by atoms with E-state index in [2.05, 4.69) is 41.6 Å². The average molecular weight is 273 g/mol. The first kappa shape index (κ1) is 14.7. The highest BCUT2D eigenvalue weighted by atomic mass is 15.5. The number of tetrazole rings is 1. The van der Waals surface area contributed by atoms with Crippen LogP contribution in [0.5, 0.6) is 0 Å². The lowest BCUT2D eigenvalue weighted by atomic mass is 10.0.